The first-order valence-corrected chi connectivity index (χ1v) is 8.33. The van der Waals surface area contributed by atoms with Crippen LogP contribution < -0.4 is 5.32 Å². The summed E-state index contributed by atoms with van der Waals surface area (Å²) in [6, 6.07) is 8.51. The summed E-state index contributed by atoms with van der Waals surface area (Å²) in [5.74, 6) is 1.81. The van der Waals surface area contributed by atoms with E-state index in [-0.39, 0.29) is 0 Å². The van der Waals surface area contributed by atoms with Gasteiger partial charge in [0.2, 0.25) is 0 Å². The maximum atomic E-state index is 5.14. The van der Waals surface area contributed by atoms with Crippen molar-refractivity contribution in [3.63, 3.8) is 0 Å². The summed E-state index contributed by atoms with van der Waals surface area (Å²) in [7, 11) is 1.72. The molecular formula is C18H29N3O. The Morgan fingerprint density at radius 1 is 1.32 bits per heavy atom. The van der Waals surface area contributed by atoms with Crippen molar-refractivity contribution in [1.29, 1.82) is 0 Å². The van der Waals surface area contributed by atoms with Crippen LogP contribution in [0.5, 0.6) is 0 Å². The number of rotatable bonds is 5. The first-order valence-electron chi connectivity index (χ1n) is 8.33. The van der Waals surface area contributed by atoms with E-state index in [1.54, 1.807) is 7.11 Å². The van der Waals surface area contributed by atoms with Gasteiger partial charge >= 0.3 is 0 Å². The van der Waals surface area contributed by atoms with Crippen LogP contribution in [-0.4, -0.2) is 37.6 Å². The lowest BCUT2D eigenvalue weighted by Crippen LogP contribution is -2.46. The minimum absolute atomic E-state index is 0.665. The first-order chi connectivity index (χ1) is 10.7. The van der Waals surface area contributed by atoms with Gasteiger partial charge in [0.05, 0.1) is 13.2 Å². The van der Waals surface area contributed by atoms with Gasteiger partial charge in [0.15, 0.2) is 5.96 Å². The fourth-order valence-corrected chi connectivity index (χ4v) is 2.88. The van der Waals surface area contributed by atoms with Crippen molar-refractivity contribution in [2.75, 3.05) is 26.7 Å². The number of hydrogen-bond donors (Lipinski definition) is 1. The van der Waals surface area contributed by atoms with Gasteiger partial charge in [-0.1, -0.05) is 31.2 Å². The molecule has 4 nitrogen and oxygen atoms in total. The number of benzene rings is 1. The Labute approximate surface area is 134 Å². The minimum Gasteiger partial charge on any atom is -0.380 e. The Morgan fingerprint density at radius 3 is 2.68 bits per heavy atom. The molecule has 1 aromatic carbocycles. The van der Waals surface area contributed by atoms with Crippen molar-refractivity contribution in [3.05, 3.63) is 35.4 Å². The number of guanidine groups is 1. The average molecular weight is 303 g/mol. The number of aliphatic imine (C=N–C) groups is 1. The van der Waals surface area contributed by atoms with Crippen LogP contribution in [0.15, 0.2) is 29.3 Å². The van der Waals surface area contributed by atoms with Gasteiger partial charge in [0.25, 0.3) is 0 Å². The minimum atomic E-state index is 0.665. The maximum Gasteiger partial charge on any atom is 0.194 e. The molecule has 1 heterocycles. The molecule has 122 valence electrons. The van der Waals surface area contributed by atoms with E-state index >= 15 is 0 Å². The van der Waals surface area contributed by atoms with Crippen molar-refractivity contribution >= 4 is 5.96 Å². The molecule has 0 aromatic heterocycles. The number of nitrogens with zero attached hydrogens (tertiary/aromatic N) is 2. The van der Waals surface area contributed by atoms with Gasteiger partial charge in [-0.05, 0) is 36.8 Å². The maximum absolute atomic E-state index is 5.14. The van der Waals surface area contributed by atoms with Crippen molar-refractivity contribution < 1.29 is 4.74 Å². The number of nitrogens with one attached hydrogen (secondary N) is 1. The topological polar surface area (TPSA) is 36.9 Å². The molecular weight excluding hydrogens is 274 g/mol. The van der Waals surface area contributed by atoms with Gasteiger partial charge in [0.1, 0.15) is 0 Å². The van der Waals surface area contributed by atoms with Crippen molar-refractivity contribution in [2.24, 2.45) is 10.9 Å². The van der Waals surface area contributed by atoms with Gasteiger partial charge in [-0.2, -0.15) is 0 Å². The summed E-state index contributed by atoms with van der Waals surface area (Å²) in [4.78, 5) is 7.22. The van der Waals surface area contributed by atoms with Crippen LogP contribution >= 0.6 is 0 Å². The predicted molar refractivity (Wildman–Crippen MR) is 91.9 cm³/mol. The number of hydrogen-bond acceptors (Lipinski definition) is 2. The molecule has 0 spiro atoms. The smallest absolute Gasteiger partial charge is 0.194 e. The van der Waals surface area contributed by atoms with E-state index in [9.17, 15) is 0 Å². The summed E-state index contributed by atoms with van der Waals surface area (Å²) in [5, 5.41) is 3.43. The molecule has 4 heteroatoms. The number of methoxy groups -OCH3 is 1. The molecule has 22 heavy (non-hydrogen) atoms. The second-order valence-electron chi connectivity index (χ2n) is 6.11. The van der Waals surface area contributed by atoms with Crippen LogP contribution in [0, 0.1) is 5.92 Å². The zero-order chi connectivity index (χ0) is 15.8. The molecule has 1 atom stereocenters. The quantitative estimate of drug-likeness (QED) is 0.671. The molecule has 1 fully saturated rings. The third-order valence-electron chi connectivity index (χ3n) is 4.04. The van der Waals surface area contributed by atoms with E-state index in [1.807, 2.05) is 0 Å². The van der Waals surface area contributed by atoms with Gasteiger partial charge in [0, 0.05) is 26.7 Å². The molecule has 0 bridgehead atoms. The highest BCUT2D eigenvalue weighted by Gasteiger charge is 2.18. The molecule has 1 aromatic rings. The fourth-order valence-electron chi connectivity index (χ4n) is 2.88. The van der Waals surface area contributed by atoms with Crippen LogP contribution in [0.4, 0.5) is 0 Å². The van der Waals surface area contributed by atoms with E-state index in [2.05, 4.69) is 48.3 Å². The average Bonchev–Trinajstić information content (AvgIpc) is 2.53. The molecule has 2 rings (SSSR count). The largest absolute Gasteiger partial charge is 0.380 e. The lowest BCUT2D eigenvalue weighted by atomic mass is 10.0. The van der Waals surface area contributed by atoms with Gasteiger partial charge in [-0.25, -0.2) is 4.99 Å². The molecule has 0 amide bonds. The van der Waals surface area contributed by atoms with Gasteiger partial charge in [-0.3, -0.25) is 0 Å². The SMILES string of the molecule is CCNC(=NCc1ccc(COC)cc1)N1CCCC(C)C1. The fraction of sp³-hybridized carbons (Fsp3) is 0.611. The third kappa shape index (κ3) is 5.02. The highest BCUT2D eigenvalue weighted by Crippen LogP contribution is 2.16. The Bertz CT molecular complexity index is 470. The van der Waals surface area contributed by atoms with Crippen LogP contribution in [0.3, 0.4) is 0 Å². The number of likely N-dealkylation sites (tertiary alicyclic amines) is 1. The van der Waals surface area contributed by atoms with E-state index in [0.717, 1.165) is 38.1 Å². The molecule has 0 aliphatic carbocycles. The van der Waals surface area contributed by atoms with Crippen molar-refractivity contribution in [3.8, 4) is 0 Å². The molecule has 1 saturated heterocycles. The zero-order valence-corrected chi connectivity index (χ0v) is 14.1. The molecule has 0 saturated carbocycles. The first kappa shape index (κ1) is 16.8. The Balaban J connectivity index is 1.99. The highest BCUT2D eigenvalue weighted by atomic mass is 16.5. The number of ether oxygens (including phenoxy) is 1. The zero-order valence-electron chi connectivity index (χ0n) is 14.1. The lowest BCUT2D eigenvalue weighted by molar-refractivity contribution is 0.185. The Hall–Kier alpha value is -1.55. The van der Waals surface area contributed by atoms with Gasteiger partial charge in [-0.15, -0.1) is 0 Å². The van der Waals surface area contributed by atoms with E-state index in [0.29, 0.717) is 6.61 Å². The summed E-state index contributed by atoms with van der Waals surface area (Å²) in [5.41, 5.74) is 2.44. The van der Waals surface area contributed by atoms with E-state index in [1.165, 1.54) is 24.0 Å². The standard InChI is InChI=1S/C18H29N3O/c1-4-19-18(21-11-5-6-15(2)13-21)20-12-16-7-9-17(10-8-16)14-22-3/h7-10,15H,4-6,11-14H2,1-3H3,(H,19,20). The molecule has 0 radical (unpaired) electrons. The van der Waals surface area contributed by atoms with Crippen molar-refractivity contribution in [1.82, 2.24) is 10.2 Å². The third-order valence-corrected chi connectivity index (χ3v) is 4.04. The van der Waals surface area contributed by atoms with Crippen LogP contribution in [0.2, 0.25) is 0 Å². The molecule has 1 aliphatic heterocycles. The molecule has 1 aliphatic rings. The van der Waals surface area contributed by atoms with E-state index in [4.69, 9.17) is 9.73 Å². The van der Waals surface area contributed by atoms with Crippen molar-refractivity contribution in [2.45, 2.75) is 39.8 Å². The summed E-state index contributed by atoms with van der Waals surface area (Å²) < 4.78 is 5.14. The summed E-state index contributed by atoms with van der Waals surface area (Å²) in [6.07, 6.45) is 2.59. The summed E-state index contributed by atoms with van der Waals surface area (Å²) in [6.45, 7) is 8.98. The van der Waals surface area contributed by atoms with Gasteiger partial charge < -0.3 is 15.0 Å². The molecule has 1 unspecified atom stereocenters. The second-order valence-corrected chi connectivity index (χ2v) is 6.11. The van der Waals surface area contributed by atoms with Crippen LogP contribution in [-0.2, 0) is 17.9 Å². The van der Waals surface area contributed by atoms with Crippen LogP contribution in [0.25, 0.3) is 0 Å². The Kier molecular flexibility index (Phi) is 6.72. The number of piperidine rings is 1. The predicted octanol–water partition coefficient (Wildman–Crippen LogP) is 3.03. The summed E-state index contributed by atoms with van der Waals surface area (Å²) >= 11 is 0. The lowest BCUT2D eigenvalue weighted by Gasteiger charge is -2.33. The highest BCUT2D eigenvalue weighted by molar-refractivity contribution is 5.80. The normalized spacial score (nSPS) is 19.3. The Morgan fingerprint density at radius 2 is 2.05 bits per heavy atom. The van der Waals surface area contributed by atoms with E-state index < -0.39 is 0 Å². The monoisotopic (exact) mass is 303 g/mol. The van der Waals surface area contributed by atoms with Crippen LogP contribution in [0.1, 0.15) is 37.8 Å². The molecule has 1 N–H and O–H groups in total. The second kappa shape index (κ2) is 8.79.